The molecule has 86 valence electrons. The molecule has 2 N–H and O–H groups in total. The van der Waals surface area contributed by atoms with Gasteiger partial charge in [-0.15, -0.1) is 6.42 Å². The van der Waals surface area contributed by atoms with Crippen LogP contribution in [0.2, 0.25) is 0 Å². The molecule has 1 fully saturated rings. The third kappa shape index (κ3) is 6.54. The summed E-state index contributed by atoms with van der Waals surface area (Å²) in [7, 11) is 0. The van der Waals surface area contributed by atoms with E-state index in [4.69, 9.17) is 12.2 Å². The SMILES string of the molecule is C#CCN(CCCCC(C)N)CC1CC1. The van der Waals surface area contributed by atoms with Crippen LogP contribution < -0.4 is 5.73 Å². The van der Waals surface area contributed by atoms with Gasteiger partial charge in [0.2, 0.25) is 0 Å². The van der Waals surface area contributed by atoms with Crippen molar-refractivity contribution in [3.63, 3.8) is 0 Å². The zero-order chi connectivity index (χ0) is 11.1. The van der Waals surface area contributed by atoms with Gasteiger partial charge in [-0.2, -0.15) is 0 Å². The molecular formula is C13H24N2. The highest BCUT2D eigenvalue weighted by Crippen LogP contribution is 2.29. The predicted octanol–water partition coefficient (Wildman–Crippen LogP) is 1.85. The summed E-state index contributed by atoms with van der Waals surface area (Å²) < 4.78 is 0. The average molecular weight is 208 g/mol. The highest BCUT2D eigenvalue weighted by atomic mass is 15.1. The van der Waals surface area contributed by atoms with Gasteiger partial charge in [-0.05, 0) is 45.1 Å². The Hall–Kier alpha value is -0.520. The van der Waals surface area contributed by atoms with Crippen LogP contribution in [0.25, 0.3) is 0 Å². The van der Waals surface area contributed by atoms with Crippen LogP contribution in [0, 0.1) is 18.3 Å². The largest absolute Gasteiger partial charge is 0.328 e. The summed E-state index contributed by atoms with van der Waals surface area (Å²) in [6.45, 7) is 5.24. The highest BCUT2D eigenvalue weighted by molar-refractivity contribution is 4.90. The predicted molar refractivity (Wildman–Crippen MR) is 65.5 cm³/mol. The van der Waals surface area contributed by atoms with Gasteiger partial charge in [-0.3, -0.25) is 4.90 Å². The number of hydrogen-bond acceptors (Lipinski definition) is 2. The fraction of sp³-hybridized carbons (Fsp3) is 0.846. The monoisotopic (exact) mass is 208 g/mol. The van der Waals surface area contributed by atoms with E-state index in [1.165, 1.54) is 32.2 Å². The Labute approximate surface area is 94.2 Å². The van der Waals surface area contributed by atoms with E-state index in [-0.39, 0.29) is 0 Å². The molecule has 0 spiro atoms. The lowest BCUT2D eigenvalue weighted by atomic mass is 10.1. The zero-order valence-electron chi connectivity index (χ0n) is 9.91. The molecule has 0 radical (unpaired) electrons. The summed E-state index contributed by atoms with van der Waals surface area (Å²) in [6.07, 6.45) is 11.8. The maximum Gasteiger partial charge on any atom is 0.0599 e. The average Bonchev–Trinajstić information content (AvgIpc) is 2.96. The molecule has 0 aromatic heterocycles. The molecule has 2 heteroatoms. The van der Waals surface area contributed by atoms with E-state index in [2.05, 4.69) is 17.7 Å². The first kappa shape index (κ1) is 12.5. The second kappa shape index (κ2) is 6.87. The molecule has 1 aliphatic rings. The summed E-state index contributed by atoms with van der Waals surface area (Å²) in [5.41, 5.74) is 5.71. The Morgan fingerprint density at radius 3 is 2.73 bits per heavy atom. The van der Waals surface area contributed by atoms with Crippen LogP contribution in [0.3, 0.4) is 0 Å². The van der Waals surface area contributed by atoms with Gasteiger partial charge in [0.05, 0.1) is 6.54 Å². The maximum atomic E-state index is 5.71. The highest BCUT2D eigenvalue weighted by Gasteiger charge is 2.23. The van der Waals surface area contributed by atoms with E-state index in [0.717, 1.165) is 25.4 Å². The van der Waals surface area contributed by atoms with Crippen molar-refractivity contribution in [2.24, 2.45) is 11.7 Å². The molecule has 1 unspecified atom stereocenters. The van der Waals surface area contributed by atoms with Crippen LogP contribution in [-0.4, -0.2) is 30.6 Å². The first-order chi connectivity index (χ1) is 7.22. The maximum absolute atomic E-state index is 5.71. The fourth-order valence-corrected chi connectivity index (χ4v) is 1.83. The Morgan fingerprint density at radius 1 is 1.47 bits per heavy atom. The minimum absolute atomic E-state index is 0.342. The van der Waals surface area contributed by atoms with Crippen LogP contribution in [0.1, 0.15) is 39.0 Å². The molecular weight excluding hydrogens is 184 g/mol. The van der Waals surface area contributed by atoms with Gasteiger partial charge in [-0.1, -0.05) is 12.3 Å². The van der Waals surface area contributed by atoms with Crippen molar-refractivity contribution < 1.29 is 0 Å². The molecule has 0 saturated heterocycles. The molecule has 15 heavy (non-hydrogen) atoms. The Morgan fingerprint density at radius 2 is 2.20 bits per heavy atom. The van der Waals surface area contributed by atoms with Crippen molar-refractivity contribution in [3.8, 4) is 12.3 Å². The van der Waals surface area contributed by atoms with Crippen molar-refractivity contribution in [2.45, 2.75) is 45.1 Å². The second-order valence-electron chi connectivity index (χ2n) is 4.86. The summed E-state index contributed by atoms with van der Waals surface area (Å²) in [6, 6.07) is 0.342. The third-order valence-corrected chi connectivity index (χ3v) is 2.91. The number of nitrogens with zero attached hydrogens (tertiary/aromatic N) is 1. The summed E-state index contributed by atoms with van der Waals surface area (Å²) >= 11 is 0. The van der Waals surface area contributed by atoms with E-state index in [0.29, 0.717) is 6.04 Å². The molecule has 1 saturated carbocycles. The van der Waals surface area contributed by atoms with E-state index < -0.39 is 0 Å². The lowest BCUT2D eigenvalue weighted by molar-refractivity contribution is 0.286. The molecule has 0 heterocycles. The Bertz CT molecular complexity index is 201. The van der Waals surface area contributed by atoms with E-state index in [1.54, 1.807) is 0 Å². The Balaban J connectivity index is 2.05. The van der Waals surface area contributed by atoms with Crippen molar-refractivity contribution in [1.29, 1.82) is 0 Å². The molecule has 1 atom stereocenters. The second-order valence-corrected chi connectivity index (χ2v) is 4.86. The molecule has 0 aromatic carbocycles. The van der Waals surface area contributed by atoms with Gasteiger partial charge >= 0.3 is 0 Å². The summed E-state index contributed by atoms with van der Waals surface area (Å²) in [5, 5.41) is 0. The quantitative estimate of drug-likeness (QED) is 0.487. The number of unbranched alkanes of at least 4 members (excludes halogenated alkanes) is 1. The molecule has 0 bridgehead atoms. The summed E-state index contributed by atoms with van der Waals surface area (Å²) in [5.74, 6) is 3.69. The number of nitrogens with two attached hydrogens (primary N) is 1. The summed E-state index contributed by atoms with van der Waals surface area (Å²) in [4.78, 5) is 2.42. The molecule has 2 nitrogen and oxygen atoms in total. The van der Waals surface area contributed by atoms with Crippen LogP contribution >= 0.6 is 0 Å². The smallest absolute Gasteiger partial charge is 0.0599 e. The van der Waals surface area contributed by atoms with E-state index >= 15 is 0 Å². The topological polar surface area (TPSA) is 29.3 Å². The first-order valence-electron chi connectivity index (χ1n) is 6.13. The van der Waals surface area contributed by atoms with Gasteiger partial charge in [0.1, 0.15) is 0 Å². The molecule has 0 aliphatic heterocycles. The van der Waals surface area contributed by atoms with Crippen LogP contribution in [0.5, 0.6) is 0 Å². The molecule has 0 aromatic rings. The van der Waals surface area contributed by atoms with Gasteiger partial charge < -0.3 is 5.73 Å². The fourth-order valence-electron chi connectivity index (χ4n) is 1.83. The van der Waals surface area contributed by atoms with E-state index in [1.807, 2.05) is 0 Å². The van der Waals surface area contributed by atoms with Gasteiger partial charge in [0.15, 0.2) is 0 Å². The molecule has 1 rings (SSSR count). The zero-order valence-corrected chi connectivity index (χ0v) is 9.91. The van der Waals surface area contributed by atoms with E-state index in [9.17, 15) is 0 Å². The first-order valence-corrected chi connectivity index (χ1v) is 6.13. The number of terminal acetylenes is 1. The van der Waals surface area contributed by atoms with Crippen molar-refractivity contribution >= 4 is 0 Å². The van der Waals surface area contributed by atoms with Crippen molar-refractivity contribution in [1.82, 2.24) is 4.90 Å². The van der Waals surface area contributed by atoms with Gasteiger partial charge in [-0.25, -0.2) is 0 Å². The lowest BCUT2D eigenvalue weighted by Crippen LogP contribution is -2.27. The normalized spacial score (nSPS) is 17.7. The van der Waals surface area contributed by atoms with Gasteiger partial charge in [0.25, 0.3) is 0 Å². The number of hydrogen-bond donors (Lipinski definition) is 1. The minimum atomic E-state index is 0.342. The van der Waals surface area contributed by atoms with Crippen molar-refractivity contribution in [2.75, 3.05) is 19.6 Å². The van der Waals surface area contributed by atoms with Crippen LogP contribution in [0.15, 0.2) is 0 Å². The standard InChI is InChI=1S/C13H24N2/c1-3-9-15(11-13-7-8-13)10-5-4-6-12(2)14/h1,12-13H,4-11,14H2,2H3. The number of rotatable bonds is 8. The van der Waals surface area contributed by atoms with Crippen LogP contribution in [0.4, 0.5) is 0 Å². The van der Waals surface area contributed by atoms with Gasteiger partial charge in [0, 0.05) is 12.6 Å². The molecule has 1 aliphatic carbocycles. The minimum Gasteiger partial charge on any atom is -0.328 e. The van der Waals surface area contributed by atoms with Crippen LogP contribution in [-0.2, 0) is 0 Å². The lowest BCUT2D eigenvalue weighted by Gasteiger charge is -2.19. The van der Waals surface area contributed by atoms with Crippen molar-refractivity contribution in [3.05, 3.63) is 0 Å². The third-order valence-electron chi connectivity index (χ3n) is 2.91. The molecule has 0 amide bonds. The Kier molecular flexibility index (Phi) is 5.75.